The maximum Gasteiger partial charge on any atom is 0.439 e. The number of carbonyl (C=O) groups excluding carboxylic acids is 1. The lowest BCUT2D eigenvalue weighted by Crippen LogP contribution is -2.61. The molecule has 3 aliphatic rings. The van der Waals surface area contributed by atoms with Crippen LogP contribution in [0.1, 0.15) is 53.8 Å². The normalized spacial score (nSPS) is 29.4. The minimum Gasteiger partial charge on any atom is -0.362 e. The highest BCUT2D eigenvalue weighted by atomic mass is 19.4. The Morgan fingerprint density at radius 3 is 2.79 bits per heavy atom. The van der Waals surface area contributed by atoms with E-state index in [-0.39, 0.29) is 22.8 Å². The molecule has 2 heterocycles. The summed E-state index contributed by atoms with van der Waals surface area (Å²) in [5.41, 5.74) is -1.68. The number of hydrogen-bond acceptors (Lipinski definition) is 4. The number of H-pyrrole nitrogens is 1. The molecule has 2 aliphatic carbocycles. The van der Waals surface area contributed by atoms with Gasteiger partial charge in [0.05, 0.1) is 5.92 Å². The fraction of sp³-hybridized carbons (Fsp3) is 0.667. The quantitative estimate of drug-likeness (QED) is 0.820. The van der Waals surface area contributed by atoms with Gasteiger partial charge in [-0.05, 0) is 38.5 Å². The fourth-order valence-electron chi connectivity index (χ4n) is 4.02. The maximum atomic E-state index is 13.7. The van der Waals surface area contributed by atoms with Crippen molar-refractivity contribution < 1.29 is 23.1 Å². The third-order valence-corrected chi connectivity index (χ3v) is 5.23. The number of amides is 1. The van der Waals surface area contributed by atoms with Crippen molar-refractivity contribution in [1.29, 1.82) is 0 Å². The van der Waals surface area contributed by atoms with Crippen molar-refractivity contribution in [3.05, 3.63) is 17.0 Å². The number of halogens is 3. The molecule has 0 spiro atoms. The Morgan fingerprint density at radius 2 is 2.04 bits per heavy atom. The summed E-state index contributed by atoms with van der Waals surface area (Å²) in [4.78, 5) is 12.7. The third-order valence-electron chi connectivity index (χ3n) is 5.23. The van der Waals surface area contributed by atoms with E-state index >= 15 is 0 Å². The Morgan fingerprint density at radius 1 is 1.25 bits per heavy atom. The number of aryl methyl sites for hydroxylation is 1. The lowest BCUT2D eigenvalue weighted by Gasteiger charge is -2.38. The van der Waals surface area contributed by atoms with E-state index in [1.54, 1.807) is 0 Å². The summed E-state index contributed by atoms with van der Waals surface area (Å²) in [6, 6.07) is 0. The second kappa shape index (κ2) is 5.05. The predicted molar refractivity (Wildman–Crippen MR) is 77.2 cm³/mol. The van der Waals surface area contributed by atoms with Gasteiger partial charge >= 0.3 is 6.18 Å². The first-order chi connectivity index (χ1) is 11.3. The van der Waals surface area contributed by atoms with E-state index in [1.807, 2.05) is 0 Å². The summed E-state index contributed by atoms with van der Waals surface area (Å²) in [6.07, 6.45) is -1.05. The van der Waals surface area contributed by atoms with Crippen LogP contribution in [-0.4, -0.2) is 43.8 Å². The van der Waals surface area contributed by atoms with E-state index in [4.69, 9.17) is 0 Å². The number of aromatic amines is 1. The smallest absolute Gasteiger partial charge is 0.362 e. The largest absolute Gasteiger partial charge is 0.439 e. The molecular formula is C15H17F3N4O2. The van der Waals surface area contributed by atoms with Crippen molar-refractivity contribution in [2.45, 2.75) is 56.8 Å². The molecule has 0 saturated heterocycles. The Kier molecular flexibility index (Phi) is 3.28. The molecule has 1 aromatic rings. The Bertz CT molecular complexity index is 727. The van der Waals surface area contributed by atoms with Gasteiger partial charge in [-0.1, -0.05) is 6.42 Å². The maximum absolute atomic E-state index is 13.7. The van der Waals surface area contributed by atoms with E-state index in [1.165, 1.54) is 0 Å². The zero-order valence-electron chi connectivity index (χ0n) is 12.9. The highest BCUT2D eigenvalue weighted by molar-refractivity contribution is 5.99. The number of aliphatic hydroxyl groups is 1. The number of fused-ring (bicyclic) bond motifs is 2. The average molecular weight is 342 g/mol. The van der Waals surface area contributed by atoms with Crippen LogP contribution in [0.15, 0.2) is 5.10 Å². The second-order valence-electron chi connectivity index (χ2n) is 6.61. The Balaban J connectivity index is 1.77. The Hall–Kier alpha value is -1.90. The monoisotopic (exact) mass is 342 g/mol. The molecule has 24 heavy (non-hydrogen) atoms. The van der Waals surface area contributed by atoms with Gasteiger partial charge in [-0.3, -0.25) is 9.89 Å². The van der Waals surface area contributed by atoms with Gasteiger partial charge in [0, 0.05) is 17.0 Å². The highest BCUT2D eigenvalue weighted by Gasteiger charge is 2.68. The fourth-order valence-corrected chi connectivity index (χ4v) is 4.02. The number of hydrazone groups is 1. The van der Waals surface area contributed by atoms with Crippen LogP contribution in [0.3, 0.4) is 0 Å². The Labute approximate surface area is 135 Å². The van der Waals surface area contributed by atoms with E-state index in [2.05, 4.69) is 15.3 Å². The molecule has 6 nitrogen and oxygen atoms in total. The number of rotatable bonds is 1. The van der Waals surface area contributed by atoms with Crippen LogP contribution in [0.5, 0.6) is 0 Å². The number of nitrogens with zero attached hydrogens (tertiary/aromatic N) is 3. The van der Waals surface area contributed by atoms with E-state index in [9.17, 15) is 23.1 Å². The highest BCUT2D eigenvalue weighted by Crippen LogP contribution is 2.48. The number of nitrogens with one attached hydrogen (secondary N) is 1. The van der Waals surface area contributed by atoms with Crippen molar-refractivity contribution in [2.24, 2.45) is 11.0 Å². The molecular weight excluding hydrogens is 325 g/mol. The molecule has 0 bridgehead atoms. The molecule has 1 aromatic heterocycles. The first-order valence-electron chi connectivity index (χ1n) is 8.11. The van der Waals surface area contributed by atoms with E-state index in [0.717, 1.165) is 18.5 Å². The SMILES string of the molecule is O=C(c1n[nH]c2c1CCC2)N1N=C2CCCC[C@@H]2[C@]1(O)C(F)(F)F. The van der Waals surface area contributed by atoms with Gasteiger partial charge in [0.25, 0.3) is 11.6 Å². The van der Waals surface area contributed by atoms with Gasteiger partial charge in [-0.2, -0.15) is 28.4 Å². The van der Waals surface area contributed by atoms with Gasteiger partial charge in [-0.15, -0.1) is 0 Å². The van der Waals surface area contributed by atoms with Crippen molar-refractivity contribution in [3.63, 3.8) is 0 Å². The summed E-state index contributed by atoms with van der Waals surface area (Å²) in [7, 11) is 0. The summed E-state index contributed by atoms with van der Waals surface area (Å²) >= 11 is 0. The van der Waals surface area contributed by atoms with Crippen LogP contribution in [0.4, 0.5) is 13.2 Å². The first kappa shape index (κ1) is 15.6. The minimum absolute atomic E-state index is 0.0619. The molecule has 1 saturated carbocycles. The lowest BCUT2D eigenvalue weighted by molar-refractivity contribution is -0.312. The molecule has 4 rings (SSSR count). The third kappa shape index (κ3) is 1.96. The molecule has 0 radical (unpaired) electrons. The zero-order valence-corrected chi connectivity index (χ0v) is 12.9. The molecule has 9 heteroatoms. The molecule has 0 unspecified atom stereocenters. The van der Waals surface area contributed by atoms with Crippen LogP contribution in [0.25, 0.3) is 0 Å². The molecule has 2 atom stereocenters. The summed E-state index contributed by atoms with van der Waals surface area (Å²) in [5.74, 6) is -2.18. The minimum atomic E-state index is -4.99. The number of carbonyl (C=O) groups is 1. The average Bonchev–Trinajstić information content (AvgIpc) is 3.19. The van der Waals surface area contributed by atoms with Crippen molar-refractivity contribution in [3.8, 4) is 0 Å². The van der Waals surface area contributed by atoms with Gasteiger partial charge in [0.15, 0.2) is 5.69 Å². The van der Waals surface area contributed by atoms with E-state index in [0.29, 0.717) is 31.2 Å². The van der Waals surface area contributed by atoms with Crippen LogP contribution in [0.2, 0.25) is 0 Å². The first-order valence-corrected chi connectivity index (χ1v) is 8.11. The number of hydrogen-bond donors (Lipinski definition) is 2. The lowest BCUT2D eigenvalue weighted by atomic mass is 9.80. The topological polar surface area (TPSA) is 81.6 Å². The summed E-state index contributed by atoms with van der Waals surface area (Å²) in [6.45, 7) is 0. The zero-order chi connectivity index (χ0) is 17.1. The van der Waals surface area contributed by atoms with Crippen molar-refractivity contribution in [1.82, 2.24) is 15.2 Å². The molecule has 0 aromatic carbocycles. The van der Waals surface area contributed by atoms with Gasteiger partial charge in [0.2, 0.25) is 0 Å². The number of alkyl halides is 3. The second-order valence-corrected chi connectivity index (χ2v) is 6.61. The molecule has 1 aliphatic heterocycles. The molecule has 1 amide bonds. The van der Waals surface area contributed by atoms with Gasteiger partial charge in [0.1, 0.15) is 0 Å². The number of aromatic nitrogens is 2. The van der Waals surface area contributed by atoms with Crippen LogP contribution >= 0.6 is 0 Å². The van der Waals surface area contributed by atoms with E-state index < -0.39 is 23.7 Å². The van der Waals surface area contributed by atoms with Gasteiger partial charge < -0.3 is 5.11 Å². The van der Waals surface area contributed by atoms with Crippen LogP contribution in [0, 0.1) is 5.92 Å². The van der Waals surface area contributed by atoms with Crippen molar-refractivity contribution >= 4 is 11.6 Å². The van der Waals surface area contributed by atoms with Crippen LogP contribution in [-0.2, 0) is 12.8 Å². The van der Waals surface area contributed by atoms with Crippen LogP contribution < -0.4 is 0 Å². The van der Waals surface area contributed by atoms with Gasteiger partial charge in [-0.25, -0.2) is 0 Å². The summed E-state index contributed by atoms with van der Waals surface area (Å²) in [5, 5.41) is 21.2. The summed E-state index contributed by atoms with van der Waals surface area (Å²) < 4.78 is 41.1. The standard InChI is InChI=1S/C15H17F3N4O2/c16-15(17,18)14(24)9-5-1-2-6-11(9)21-22(14)13(23)12-8-4-3-7-10(8)19-20-12/h9,24H,1-7H2,(H,19,20)/t9-,14-/m0/s1. The van der Waals surface area contributed by atoms with Crippen molar-refractivity contribution in [2.75, 3.05) is 0 Å². The molecule has 1 fully saturated rings. The predicted octanol–water partition coefficient (Wildman–Crippen LogP) is 2.15. The molecule has 130 valence electrons. The molecule has 2 N–H and O–H groups in total.